The van der Waals surface area contributed by atoms with Crippen molar-refractivity contribution in [2.24, 2.45) is 23.7 Å². The van der Waals surface area contributed by atoms with Crippen LogP contribution in [0.4, 0.5) is 0 Å². The third-order valence-electron chi connectivity index (χ3n) is 6.35. The Morgan fingerprint density at radius 3 is 2.11 bits per heavy atom. The molecule has 6 heteroatoms. The van der Waals surface area contributed by atoms with Crippen LogP contribution in [-0.2, 0) is 14.4 Å². The number of hydrogen-bond donors (Lipinski definition) is 1. The number of rotatable bonds is 4. The summed E-state index contributed by atoms with van der Waals surface area (Å²) in [7, 11) is 0. The van der Waals surface area contributed by atoms with E-state index in [1.165, 1.54) is 11.1 Å². The van der Waals surface area contributed by atoms with E-state index in [1.807, 2.05) is 19.1 Å². The smallest absolute Gasteiger partial charge is 0.279 e. The molecule has 0 radical (unpaired) electrons. The van der Waals surface area contributed by atoms with E-state index in [2.05, 4.69) is 19.3 Å². The molecule has 28 heavy (non-hydrogen) atoms. The van der Waals surface area contributed by atoms with Crippen molar-refractivity contribution in [2.75, 3.05) is 0 Å². The van der Waals surface area contributed by atoms with Crippen LogP contribution in [0, 0.1) is 30.6 Å². The molecule has 1 aliphatic heterocycles. The summed E-state index contributed by atoms with van der Waals surface area (Å²) in [6.07, 6.45) is 1.06. The molecule has 1 saturated heterocycles. The maximum atomic E-state index is 12.9. The normalized spacial score (nSPS) is 29.1. The van der Waals surface area contributed by atoms with Gasteiger partial charge in [-0.25, -0.2) is 0 Å². The molecule has 2 aliphatic carbocycles. The van der Waals surface area contributed by atoms with Gasteiger partial charge in [0.25, 0.3) is 17.7 Å². The predicted molar refractivity (Wildman–Crippen MR) is 103 cm³/mol. The van der Waals surface area contributed by atoms with Crippen molar-refractivity contribution < 1.29 is 19.1 Å². The molecular formula is C22H26N2O4. The molecule has 2 saturated carbocycles. The second-order valence-corrected chi connectivity index (χ2v) is 8.36. The Morgan fingerprint density at radius 1 is 1.07 bits per heavy atom. The van der Waals surface area contributed by atoms with E-state index in [9.17, 15) is 14.4 Å². The summed E-state index contributed by atoms with van der Waals surface area (Å²) < 4.78 is 5.64. The number of nitrogens with zero attached hydrogens (tertiary/aromatic N) is 1. The van der Waals surface area contributed by atoms with Gasteiger partial charge in [-0.2, -0.15) is 5.01 Å². The highest BCUT2D eigenvalue weighted by Crippen LogP contribution is 2.59. The van der Waals surface area contributed by atoms with Gasteiger partial charge in [0.2, 0.25) is 0 Å². The van der Waals surface area contributed by atoms with E-state index < -0.39 is 12.0 Å². The van der Waals surface area contributed by atoms with Gasteiger partial charge in [-0.1, -0.05) is 28.8 Å². The van der Waals surface area contributed by atoms with Crippen LogP contribution < -0.4 is 10.2 Å². The fourth-order valence-corrected chi connectivity index (χ4v) is 5.18. The summed E-state index contributed by atoms with van der Waals surface area (Å²) in [5.41, 5.74) is 6.11. The fourth-order valence-electron chi connectivity index (χ4n) is 5.18. The molecule has 1 heterocycles. The monoisotopic (exact) mass is 382 g/mol. The van der Waals surface area contributed by atoms with Crippen LogP contribution in [0.3, 0.4) is 0 Å². The van der Waals surface area contributed by atoms with Crippen LogP contribution in [-0.4, -0.2) is 28.8 Å². The standard InChI is InChI=1S/C22H26N2O4/c1-11(2)17-15-9-10-16(17)19-18(15)21(26)24(22(19)27)23-20(25)13(4)28-14-7-5-12(3)6-8-14/h5-8,13,15-16,18-19H,9-10H2,1-4H3,(H,23,25)/t13-,15-,16-,18-,19+/m1/s1. The van der Waals surface area contributed by atoms with E-state index in [4.69, 9.17) is 4.74 Å². The van der Waals surface area contributed by atoms with Crippen molar-refractivity contribution in [3.63, 3.8) is 0 Å². The van der Waals surface area contributed by atoms with Gasteiger partial charge in [0.05, 0.1) is 11.8 Å². The largest absolute Gasteiger partial charge is 0.481 e. The summed E-state index contributed by atoms with van der Waals surface area (Å²) in [4.78, 5) is 38.4. The Balaban J connectivity index is 1.46. The van der Waals surface area contributed by atoms with Crippen LogP contribution in [0.25, 0.3) is 0 Å². The number of hydrazine groups is 1. The molecule has 3 amide bonds. The van der Waals surface area contributed by atoms with Gasteiger partial charge in [0.1, 0.15) is 5.75 Å². The predicted octanol–water partition coefficient (Wildman–Crippen LogP) is 2.77. The Kier molecular flexibility index (Phi) is 4.52. The molecule has 1 aromatic rings. The first kappa shape index (κ1) is 18.7. The summed E-state index contributed by atoms with van der Waals surface area (Å²) >= 11 is 0. The number of ether oxygens (including phenoxy) is 1. The summed E-state index contributed by atoms with van der Waals surface area (Å²) in [6.45, 7) is 7.68. The van der Waals surface area contributed by atoms with Crippen LogP contribution >= 0.6 is 0 Å². The zero-order valence-electron chi connectivity index (χ0n) is 16.7. The number of amides is 3. The lowest BCUT2D eigenvalue weighted by Crippen LogP contribution is -2.51. The Labute approximate surface area is 164 Å². The number of fused-ring (bicyclic) bond motifs is 5. The number of aryl methyl sites for hydroxylation is 1. The van der Waals surface area contributed by atoms with E-state index >= 15 is 0 Å². The number of carbonyl (C=O) groups is 3. The first-order valence-corrected chi connectivity index (χ1v) is 9.88. The Bertz CT molecular complexity index is 837. The van der Waals surface area contributed by atoms with Crippen molar-refractivity contribution in [3.05, 3.63) is 41.0 Å². The minimum absolute atomic E-state index is 0.139. The van der Waals surface area contributed by atoms with Gasteiger partial charge in [0.15, 0.2) is 6.10 Å². The van der Waals surface area contributed by atoms with Gasteiger partial charge in [-0.05, 0) is 64.5 Å². The molecule has 2 bridgehead atoms. The van der Waals surface area contributed by atoms with E-state index in [0.29, 0.717) is 5.75 Å². The molecule has 0 aromatic heterocycles. The van der Waals surface area contributed by atoms with E-state index in [1.54, 1.807) is 19.1 Å². The number of allylic oxidation sites excluding steroid dienone is 2. The van der Waals surface area contributed by atoms with Gasteiger partial charge in [-0.15, -0.1) is 0 Å². The molecule has 0 spiro atoms. The SMILES string of the molecule is CC(C)=C1[C@H]2CC[C@H]1[C@H]1C(=O)N(NC(=O)[C@@H](C)Oc3ccc(C)cc3)C(=O)[C@H]12. The molecular weight excluding hydrogens is 356 g/mol. The minimum Gasteiger partial charge on any atom is -0.481 e. The summed E-state index contributed by atoms with van der Waals surface area (Å²) in [5, 5.41) is 0.944. The maximum absolute atomic E-state index is 12.9. The van der Waals surface area contributed by atoms with Gasteiger partial charge < -0.3 is 4.74 Å². The lowest BCUT2D eigenvalue weighted by molar-refractivity contribution is -0.151. The molecule has 3 aliphatic rings. The second kappa shape index (κ2) is 6.76. The quantitative estimate of drug-likeness (QED) is 0.642. The average Bonchev–Trinajstić information content (AvgIpc) is 3.29. The van der Waals surface area contributed by atoms with Crippen molar-refractivity contribution in [1.29, 1.82) is 0 Å². The molecule has 1 aromatic carbocycles. The van der Waals surface area contributed by atoms with Gasteiger partial charge in [-0.3, -0.25) is 19.8 Å². The lowest BCUT2D eigenvalue weighted by atomic mass is 9.81. The average molecular weight is 382 g/mol. The number of nitrogens with one attached hydrogen (secondary N) is 1. The Hall–Kier alpha value is -2.63. The topological polar surface area (TPSA) is 75.7 Å². The Morgan fingerprint density at radius 2 is 1.61 bits per heavy atom. The molecule has 148 valence electrons. The fraction of sp³-hybridized carbons (Fsp3) is 0.500. The van der Waals surface area contributed by atoms with Crippen LogP contribution in [0.2, 0.25) is 0 Å². The van der Waals surface area contributed by atoms with Gasteiger partial charge >= 0.3 is 0 Å². The van der Waals surface area contributed by atoms with Crippen LogP contribution in [0.5, 0.6) is 5.75 Å². The molecule has 3 fully saturated rings. The number of benzene rings is 1. The summed E-state index contributed by atoms with van der Waals surface area (Å²) in [5.74, 6) is -0.880. The van der Waals surface area contributed by atoms with E-state index in [0.717, 1.165) is 23.4 Å². The second-order valence-electron chi connectivity index (χ2n) is 8.36. The van der Waals surface area contributed by atoms with Gasteiger partial charge in [0, 0.05) is 0 Å². The highest BCUT2D eigenvalue weighted by atomic mass is 16.5. The first-order valence-electron chi connectivity index (χ1n) is 9.88. The van der Waals surface area contributed by atoms with Crippen molar-refractivity contribution in [2.45, 2.75) is 46.6 Å². The van der Waals surface area contributed by atoms with Crippen molar-refractivity contribution in [3.8, 4) is 5.75 Å². The zero-order valence-corrected chi connectivity index (χ0v) is 16.7. The number of hydrogen-bond acceptors (Lipinski definition) is 4. The maximum Gasteiger partial charge on any atom is 0.279 e. The third kappa shape index (κ3) is 2.82. The lowest BCUT2D eigenvalue weighted by Gasteiger charge is -2.22. The minimum atomic E-state index is -0.825. The molecule has 6 nitrogen and oxygen atoms in total. The zero-order chi connectivity index (χ0) is 20.2. The van der Waals surface area contributed by atoms with E-state index in [-0.39, 0.29) is 35.5 Å². The number of carbonyl (C=O) groups excluding carboxylic acids is 3. The summed E-state index contributed by atoms with van der Waals surface area (Å²) in [6, 6.07) is 7.36. The molecule has 1 N–H and O–H groups in total. The van der Waals surface area contributed by atoms with Crippen molar-refractivity contribution >= 4 is 17.7 Å². The first-order chi connectivity index (χ1) is 13.3. The van der Waals surface area contributed by atoms with Crippen LogP contribution in [0.15, 0.2) is 35.4 Å². The molecule has 4 rings (SSSR count). The van der Waals surface area contributed by atoms with Crippen LogP contribution in [0.1, 0.15) is 39.2 Å². The van der Waals surface area contributed by atoms with Crippen molar-refractivity contribution in [1.82, 2.24) is 10.4 Å². The highest BCUT2D eigenvalue weighted by Gasteiger charge is 2.63. The molecule has 0 unspecified atom stereocenters. The third-order valence-corrected chi connectivity index (χ3v) is 6.35. The highest BCUT2D eigenvalue weighted by molar-refractivity contribution is 6.07. The molecule has 5 atom stereocenters. The number of imide groups is 1.